The van der Waals surface area contributed by atoms with E-state index in [1.165, 1.54) is 12.1 Å². The van der Waals surface area contributed by atoms with Gasteiger partial charge in [0.15, 0.2) is 6.73 Å². The van der Waals surface area contributed by atoms with Crippen molar-refractivity contribution in [1.82, 2.24) is 9.80 Å². The van der Waals surface area contributed by atoms with Gasteiger partial charge < -0.3 is 4.74 Å². The van der Waals surface area contributed by atoms with E-state index in [4.69, 9.17) is 4.74 Å². The number of rotatable bonds is 4. The summed E-state index contributed by atoms with van der Waals surface area (Å²) in [5.74, 6) is -2.86. The fourth-order valence-corrected chi connectivity index (χ4v) is 4.10. The number of hydrogen-bond donors (Lipinski definition) is 0. The van der Waals surface area contributed by atoms with Crippen LogP contribution in [0.5, 0.6) is 0 Å². The van der Waals surface area contributed by atoms with Gasteiger partial charge in [-0.15, -0.1) is 0 Å². The molecule has 1 unspecified atom stereocenters. The number of amides is 4. The second-order valence-electron chi connectivity index (χ2n) is 7.31. The van der Waals surface area contributed by atoms with Crippen LogP contribution in [0.2, 0.25) is 0 Å². The van der Waals surface area contributed by atoms with Crippen molar-refractivity contribution in [3.8, 4) is 0 Å². The number of hydrogen-bond acceptors (Lipinski definition) is 6. The molecule has 2 fully saturated rings. The van der Waals surface area contributed by atoms with E-state index in [0.29, 0.717) is 0 Å². The third-order valence-corrected chi connectivity index (χ3v) is 5.65. The van der Waals surface area contributed by atoms with Crippen LogP contribution in [0.25, 0.3) is 0 Å². The number of fused-ring (bicyclic) bond motifs is 1. The highest BCUT2D eigenvalue weighted by Gasteiger charge is 2.47. The van der Waals surface area contributed by atoms with Crippen molar-refractivity contribution in [2.45, 2.75) is 44.6 Å². The minimum absolute atomic E-state index is 0.00914. The molecule has 0 N–H and O–H groups in total. The molecule has 1 saturated heterocycles. The molecule has 2 aliphatic heterocycles. The normalized spacial score (nSPS) is 22.8. The maximum Gasteiger partial charge on any atom is 0.310 e. The van der Waals surface area contributed by atoms with Crippen LogP contribution < -0.4 is 0 Å². The Bertz CT molecular complexity index is 838. The SMILES string of the molecule is O=C(OCN1C(=O)CCC(N2C(=O)c3ccccc3C2=O)C1=O)C1CCCC1. The van der Waals surface area contributed by atoms with Gasteiger partial charge in [0, 0.05) is 6.42 Å². The second kappa shape index (κ2) is 7.18. The first-order valence-corrected chi connectivity index (χ1v) is 9.47. The number of nitrogens with zero attached hydrogens (tertiary/aromatic N) is 2. The summed E-state index contributed by atoms with van der Waals surface area (Å²) in [5.41, 5.74) is 0.493. The zero-order valence-electron chi connectivity index (χ0n) is 15.3. The third kappa shape index (κ3) is 2.98. The summed E-state index contributed by atoms with van der Waals surface area (Å²) >= 11 is 0. The first-order valence-electron chi connectivity index (χ1n) is 9.47. The number of piperidine rings is 1. The number of carbonyl (C=O) groups excluding carboxylic acids is 5. The van der Waals surface area contributed by atoms with E-state index >= 15 is 0 Å². The summed E-state index contributed by atoms with van der Waals surface area (Å²) in [6.07, 6.45) is 3.48. The second-order valence-corrected chi connectivity index (χ2v) is 7.31. The Morgan fingerprint density at radius 3 is 2.18 bits per heavy atom. The summed E-state index contributed by atoms with van der Waals surface area (Å²) in [7, 11) is 0. The van der Waals surface area contributed by atoms with Crippen molar-refractivity contribution < 1.29 is 28.7 Å². The number of carbonyl (C=O) groups is 5. The average Bonchev–Trinajstić information content (AvgIpc) is 3.31. The molecule has 0 spiro atoms. The Hall–Kier alpha value is -3.03. The van der Waals surface area contributed by atoms with Crippen LogP contribution in [-0.2, 0) is 19.1 Å². The highest BCUT2D eigenvalue weighted by molar-refractivity contribution is 6.23. The van der Waals surface area contributed by atoms with Gasteiger partial charge in [0.2, 0.25) is 5.91 Å². The van der Waals surface area contributed by atoms with Crippen LogP contribution in [-0.4, -0.2) is 52.2 Å². The zero-order valence-corrected chi connectivity index (χ0v) is 15.3. The van der Waals surface area contributed by atoms with E-state index in [9.17, 15) is 24.0 Å². The molecule has 8 nitrogen and oxygen atoms in total. The zero-order chi connectivity index (χ0) is 19.8. The molecule has 4 rings (SSSR count). The quantitative estimate of drug-likeness (QED) is 0.576. The van der Waals surface area contributed by atoms with Gasteiger partial charge in [-0.3, -0.25) is 28.9 Å². The maximum atomic E-state index is 12.9. The van der Waals surface area contributed by atoms with Crippen LogP contribution in [0.4, 0.5) is 0 Å². The van der Waals surface area contributed by atoms with Crippen molar-refractivity contribution in [3.63, 3.8) is 0 Å². The van der Waals surface area contributed by atoms with Gasteiger partial charge >= 0.3 is 5.97 Å². The summed E-state index contributed by atoms with van der Waals surface area (Å²) in [5, 5.41) is 0. The van der Waals surface area contributed by atoms with Gasteiger partial charge in [0.05, 0.1) is 17.0 Å². The molecule has 146 valence electrons. The smallest absolute Gasteiger partial charge is 0.310 e. The lowest BCUT2D eigenvalue weighted by Gasteiger charge is -2.34. The summed E-state index contributed by atoms with van der Waals surface area (Å²) in [6, 6.07) is 5.29. The number of esters is 1. The number of imide groups is 2. The van der Waals surface area contributed by atoms with E-state index in [1.807, 2.05) is 0 Å². The fourth-order valence-electron chi connectivity index (χ4n) is 4.10. The summed E-state index contributed by atoms with van der Waals surface area (Å²) in [6.45, 7) is -0.479. The van der Waals surface area contributed by atoms with E-state index in [0.717, 1.165) is 35.5 Å². The van der Waals surface area contributed by atoms with Gasteiger partial charge in [-0.1, -0.05) is 25.0 Å². The van der Waals surface area contributed by atoms with Crippen LogP contribution >= 0.6 is 0 Å². The van der Waals surface area contributed by atoms with Crippen LogP contribution in [0, 0.1) is 5.92 Å². The molecule has 0 aromatic heterocycles. The first kappa shape index (κ1) is 18.3. The lowest BCUT2D eigenvalue weighted by molar-refractivity contribution is -0.165. The van der Waals surface area contributed by atoms with Crippen LogP contribution in [0.3, 0.4) is 0 Å². The Labute approximate surface area is 161 Å². The molecule has 0 radical (unpaired) electrons. The molecular formula is C20H20N2O6. The predicted molar refractivity (Wildman–Crippen MR) is 94.7 cm³/mol. The van der Waals surface area contributed by atoms with Crippen molar-refractivity contribution in [2.75, 3.05) is 6.73 Å². The minimum Gasteiger partial charge on any atom is -0.443 e. The minimum atomic E-state index is -1.07. The van der Waals surface area contributed by atoms with E-state index in [1.54, 1.807) is 12.1 Å². The first-order chi connectivity index (χ1) is 13.5. The number of benzene rings is 1. The van der Waals surface area contributed by atoms with Gasteiger partial charge in [-0.05, 0) is 31.4 Å². The van der Waals surface area contributed by atoms with E-state index in [-0.39, 0.29) is 29.9 Å². The highest BCUT2D eigenvalue weighted by Crippen LogP contribution is 2.29. The molecular weight excluding hydrogens is 364 g/mol. The lowest BCUT2D eigenvalue weighted by Crippen LogP contribution is -2.56. The molecule has 1 aromatic carbocycles. The molecule has 1 aliphatic carbocycles. The Morgan fingerprint density at radius 2 is 1.57 bits per heavy atom. The number of likely N-dealkylation sites (tertiary alicyclic amines) is 1. The Morgan fingerprint density at radius 1 is 0.964 bits per heavy atom. The molecule has 1 saturated carbocycles. The maximum absolute atomic E-state index is 12.9. The van der Waals surface area contributed by atoms with Crippen molar-refractivity contribution in [2.24, 2.45) is 5.92 Å². The standard InChI is InChI=1S/C20H20N2O6/c23-16-10-9-15(22-17(24)13-7-3-4-8-14(13)18(22)25)19(26)21(16)11-28-20(27)12-5-1-2-6-12/h3-4,7-8,12,15H,1-2,5-6,9-11H2. The summed E-state index contributed by atoms with van der Waals surface area (Å²) in [4.78, 5) is 64.2. The van der Waals surface area contributed by atoms with E-state index < -0.39 is 42.4 Å². The molecule has 3 aliphatic rings. The van der Waals surface area contributed by atoms with Crippen LogP contribution in [0.15, 0.2) is 24.3 Å². The molecule has 1 aromatic rings. The highest BCUT2D eigenvalue weighted by atomic mass is 16.5. The molecule has 1 atom stereocenters. The molecule has 8 heteroatoms. The third-order valence-electron chi connectivity index (χ3n) is 5.65. The average molecular weight is 384 g/mol. The lowest BCUT2D eigenvalue weighted by atomic mass is 10.0. The topological polar surface area (TPSA) is 101 Å². The Kier molecular flexibility index (Phi) is 4.70. The van der Waals surface area contributed by atoms with E-state index in [2.05, 4.69) is 0 Å². The fraction of sp³-hybridized carbons (Fsp3) is 0.450. The predicted octanol–water partition coefficient (Wildman–Crippen LogP) is 1.49. The number of ether oxygens (including phenoxy) is 1. The molecule has 4 amide bonds. The van der Waals surface area contributed by atoms with Gasteiger partial charge in [0.25, 0.3) is 17.7 Å². The van der Waals surface area contributed by atoms with Gasteiger partial charge in [0.1, 0.15) is 6.04 Å². The Balaban J connectivity index is 1.48. The van der Waals surface area contributed by atoms with Gasteiger partial charge in [-0.25, -0.2) is 4.90 Å². The summed E-state index contributed by atoms with van der Waals surface area (Å²) < 4.78 is 5.19. The molecule has 0 bridgehead atoms. The largest absolute Gasteiger partial charge is 0.443 e. The van der Waals surface area contributed by atoms with Gasteiger partial charge in [-0.2, -0.15) is 0 Å². The molecule has 2 heterocycles. The van der Waals surface area contributed by atoms with Crippen LogP contribution in [0.1, 0.15) is 59.2 Å². The van der Waals surface area contributed by atoms with Crippen molar-refractivity contribution in [1.29, 1.82) is 0 Å². The van der Waals surface area contributed by atoms with Crippen molar-refractivity contribution in [3.05, 3.63) is 35.4 Å². The molecule has 28 heavy (non-hydrogen) atoms. The van der Waals surface area contributed by atoms with Crippen molar-refractivity contribution >= 4 is 29.6 Å². The monoisotopic (exact) mass is 384 g/mol.